The number of hydrogen-bond donors (Lipinski definition) is 1. The van der Waals surface area contributed by atoms with Crippen LogP contribution in [0.25, 0.3) is 6.08 Å². The molecule has 0 fully saturated rings. The molecule has 2 aromatic rings. The van der Waals surface area contributed by atoms with Gasteiger partial charge in [0.1, 0.15) is 12.4 Å². The van der Waals surface area contributed by atoms with Crippen molar-refractivity contribution in [2.24, 2.45) is 0 Å². The van der Waals surface area contributed by atoms with Crippen LogP contribution in [0.2, 0.25) is 0 Å². The summed E-state index contributed by atoms with van der Waals surface area (Å²) in [6.45, 7) is 0.0360. The van der Waals surface area contributed by atoms with Crippen LogP contribution >= 0.6 is 0 Å². The van der Waals surface area contributed by atoms with E-state index >= 15 is 0 Å². The summed E-state index contributed by atoms with van der Waals surface area (Å²) in [6, 6.07) is 18.5. The molecule has 0 amide bonds. The normalized spacial score (nSPS) is 11.1. The van der Waals surface area contributed by atoms with Crippen LogP contribution in [0.4, 0.5) is 0 Å². The molecule has 0 aliphatic heterocycles. The Morgan fingerprint density at radius 1 is 1.00 bits per heavy atom. The van der Waals surface area contributed by atoms with E-state index in [4.69, 9.17) is 9.84 Å². The van der Waals surface area contributed by atoms with Gasteiger partial charge in [-0.15, -0.1) is 0 Å². The molecule has 0 radical (unpaired) electrons. The number of carboxylic acids is 1. The molecule has 0 atom stereocenters. The number of para-hydroxylation sites is 1. The van der Waals surface area contributed by atoms with E-state index in [0.29, 0.717) is 5.75 Å². The molecule has 0 aliphatic rings. The van der Waals surface area contributed by atoms with Crippen LogP contribution in [-0.2, 0) is 4.79 Å². The molecule has 0 saturated carbocycles. The molecule has 3 heteroatoms. The van der Waals surface area contributed by atoms with Crippen molar-refractivity contribution >= 4 is 12.0 Å². The lowest BCUT2D eigenvalue weighted by molar-refractivity contribution is -0.132. The Morgan fingerprint density at radius 3 is 2.16 bits per heavy atom. The van der Waals surface area contributed by atoms with Crippen LogP contribution in [0.3, 0.4) is 0 Å². The summed E-state index contributed by atoms with van der Waals surface area (Å²) >= 11 is 0. The predicted octanol–water partition coefficient (Wildman–Crippen LogP) is 3.23. The maximum absolute atomic E-state index is 11.2. The molecule has 0 saturated heterocycles. The van der Waals surface area contributed by atoms with Crippen LogP contribution in [0.1, 0.15) is 5.56 Å². The first-order chi connectivity index (χ1) is 9.25. The van der Waals surface area contributed by atoms with Gasteiger partial charge in [0.15, 0.2) is 0 Å². The maximum Gasteiger partial charge on any atom is 0.335 e. The first kappa shape index (κ1) is 12.9. The Hall–Kier alpha value is -2.55. The van der Waals surface area contributed by atoms with E-state index in [1.54, 1.807) is 18.2 Å². The minimum absolute atomic E-state index is 0.0360. The molecule has 0 unspecified atom stereocenters. The van der Waals surface area contributed by atoms with E-state index < -0.39 is 5.97 Å². The van der Waals surface area contributed by atoms with Crippen molar-refractivity contribution in [3.05, 3.63) is 71.8 Å². The zero-order chi connectivity index (χ0) is 13.5. The summed E-state index contributed by atoms with van der Waals surface area (Å²) in [7, 11) is 0. The summed E-state index contributed by atoms with van der Waals surface area (Å²) in [5, 5.41) is 9.16. The van der Waals surface area contributed by atoms with E-state index in [2.05, 4.69) is 0 Å². The molecule has 0 heterocycles. The highest BCUT2D eigenvalue weighted by molar-refractivity contribution is 5.92. The summed E-state index contributed by atoms with van der Waals surface area (Å²) in [4.78, 5) is 11.2. The molecule has 1 N–H and O–H groups in total. The van der Waals surface area contributed by atoms with Crippen molar-refractivity contribution in [2.75, 3.05) is 6.61 Å². The second kappa shape index (κ2) is 6.40. The first-order valence-corrected chi connectivity index (χ1v) is 5.92. The number of aliphatic carboxylic acids is 1. The van der Waals surface area contributed by atoms with Crippen molar-refractivity contribution in [1.29, 1.82) is 0 Å². The highest BCUT2D eigenvalue weighted by Crippen LogP contribution is 2.12. The lowest BCUT2D eigenvalue weighted by Gasteiger charge is -2.06. The highest BCUT2D eigenvalue weighted by Gasteiger charge is 2.08. The Balaban J connectivity index is 2.09. The standard InChI is InChI=1S/C16H14O3/c17-16(18)14(11-13-7-3-1-4-8-13)12-19-15-9-5-2-6-10-15/h1-11H,12H2,(H,17,18). The zero-order valence-corrected chi connectivity index (χ0v) is 10.3. The predicted molar refractivity (Wildman–Crippen MR) is 74.0 cm³/mol. The maximum atomic E-state index is 11.2. The molecule has 3 nitrogen and oxygen atoms in total. The van der Waals surface area contributed by atoms with Crippen molar-refractivity contribution in [3.8, 4) is 5.75 Å². The fraction of sp³-hybridized carbons (Fsp3) is 0.0625. The van der Waals surface area contributed by atoms with Crippen LogP contribution < -0.4 is 4.74 Å². The second-order valence-electron chi connectivity index (χ2n) is 3.99. The van der Waals surface area contributed by atoms with E-state index in [-0.39, 0.29) is 12.2 Å². The van der Waals surface area contributed by atoms with Gasteiger partial charge in [-0.2, -0.15) is 0 Å². The lowest BCUT2D eigenvalue weighted by atomic mass is 10.1. The number of rotatable bonds is 5. The first-order valence-electron chi connectivity index (χ1n) is 5.92. The van der Waals surface area contributed by atoms with Gasteiger partial charge in [-0.3, -0.25) is 0 Å². The molecule has 96 valence electrons. The highest BCUT2D eigenvalue weighted by atomic mass is 16.5. The van der Waals surface area contributed by atoms with Gasteiger partial charge in [-0.1, -0.05) is 48.5 Å². The summed E-state index contributed by atoms with van der Waals surface area (Å²) in [5.74, 6) is -0.317. The fourth-order valence-corrected chi connectivity index (χ4v) is 1.59. The molecule has 2 aromatic carbocycles. The molecule has 19 heavy (non-hydrogen) atoms. The Kier molecular flexibility index (Phi) is 4.34. The minimum atomic E-state index is -0.972. The van der Waals surface area contributed by atoms with E-state index in [1.165, 1.54) is 0 Å². The number of benzene rings is 2. The number of hydrogen-bond acceptors (Lipinski definition) is 2. The zero-order valence-electron chi connectivity index (χ0n) is 10.3. The summed E-state index contributed by atoms with van der Waals surface area (Å²) in [6.07, 6.45) is 1.62. The third kappa shape index (κ3) is 4.00. The van der Waals surface area contributed by atoms with Crippen molar-refractivity contribution in [2.45, 2.75) is 0 Å². The molecule has 0 spiro atoms. The lowest BCUT2D eigenvalue weighted by Crippen LogP contribution is -2.10. The van der Waals surface area contributed by atoms with Crippen LogP contribution in [0.15, 0.2) is 66.2 Å². The van der Waals surface area contributed by atoms with Crippen molar-refractivity contribution in [1.82, 2.24) is 0 Å². The van der Waals surface area contributed by atoms with Crippen LogP contribution in [0, 0.1) is 0 Å². The number of ether oxygens (including phenoxy) is 1. The minimum Gasteiger partial charge on any atom is -0.489 e. The van der Waals surface area contributed by atoms with E-state index in [1.807, 2.05) is 48.5 Å². The third-order valence-corrected chi connectivity index (χ3v) is 2.55. The van der Waals surface area contributed by atoms with Crippen LogP contribution in [0.5, 0.6) is 5.75 Å². The second-order valence-corrected chi connectivity index (χ2v) is 3.99. The van der Waals surface area contributed by atoms with E-state index in [0.717, 1.165) is 5.56 Å². The summed E-state index contributed by atoms with van der Waals surface area (Å²) < 4.78 is 5.45. The van der Waals surface area contributed by atoms with Gasteiger partial charge in [0, 0.05) is 0 Å². The third-order valence-electron chi connectivity index (χ3n) is 2.55. The van der Waals surface area contributed by atoms with Crippen molar-refractivity contribution in [3.63, 3.8) is 0 Å². The molecule has 0 aromatic heterocycles. The average Bonchev–Trinajstić information content (AvgIpc) is 2.45. The van der Waals surface area contributed by atoms with Crippen molar-refractivity contribution < 1.29 is 14.6 Å². The Labute approximate surface area is 111 Å². The average molecular weight is 254 g/mol. The topological polar surface area (TPSA) is 46.5 Å². The van der Waals surface area contributed by atoms with Gasteiger partial charge in [-0.05, 0) is 23.8 Å². The molecule has 2 rings (SSSR count). The van der Waals surface area contributed by atoms with Gasteiger partial charge >= 0.3 is 5.97 Å². The SMILES string of the molecule is O=C(O)C(=Cc1ccccc1)COc1ccccc1. The van der Waals surface area contributed by atoms with Gasteiger partial charge in [0.05, 0.1) is 5.57 Å². The molecule has 0 bridgehead atoms. The molecular weight excluding hydrogens is 240 g/mol. The monoisotopic (exact) mass is 254 g/mol. The Bertz CT molecular complexity index is 559. The molecule has 0 aliphatic carbocycles. The quantitative estimate of drug-likeness (QED) is 0.833. The van der Waals surface area contributed by atoms with Gasteiger partial charge in [-0.25, -0.2) is 4.79 Å². The van der Waals surface area contributed by atoms with Gasteiger partial charge < -0.3 is 9.84 Å². The van der Waals surface area contributed by atoms with Gasteiger partial charge in [0.2, 0.25) is 0 Å². The smallest absolute Gasteiger partial charge is 0.335 e. The van der Waals surface area contributed by atoms with E-state index in [9.17, 15) is 4.79 Å². The summed E-state index contributed by atoms with van der Waals surface area (Å²) in [5.41, 5.74) is 1.06. The number of carbonyl (C=O) groups is 1. The molecular formula is C16H14O3. The Morgan fingerprint density at radius 2 is 1.58 bits per heavy atom. The number of carboxylic acid groups (broad SMARTS) is 1. The fourth-order valence-electron chi connectivity index (χ4n) is 1.59. The largest absolute Gasteiger partial charge is 0.489 e. The van der Waals surface area contributed by atoms with Gasteiger partial charge in [0.25, 0.3) is 0 Å². The van der Waals surface area contributed by atoms with Crippen LogP contribution in [-0.4, -0.2) is 17.7 Å².